The minimum absolute atomic E-state index is 0.0000503. The van der Waals surface area contributed by atoms with Crippen LogP contribution in [0.15, 0.2) is 30.3 Å². The number of pyridine rings is 1. The first-order valence-electron chi connectivity index (χ1n) is 6.41. The van der Waals surface area contributed by atoms with E-state index < -0.39 is 0 Å². The zero-order chi connectivity index (χ0) is 13.3. The van der Waals surface area contributed by atoms with Crippen molar-refractivity contribution in [2.45, 2.75) is 12.8 Å². The maximum absolute atomic E-state index is 9.31. The Balaban J connectivity index is 1.91. The molecule has 4 nitrogen and oxygen atoms in total. The third-order valence-electron chi connectivity index (χ3n) is 3.77. The summed E-state index contributed by atoms with van der Waals surface area (Å²) in [4.78, 5) is 4.50. The van der Waals surface area contributed by atoms with Crippen LogP contribution >= 0.6 is 0 Å². The van der Waals surface area contributed by atoms with Crippen molar-refractivity contribution in [2.75, 3.05) is 18.5 Å². The summed E-state index contributed by atoms with van der Waals surface area (Å²) in [5.74, 6) is 0.612. The number of benzene rings is 1. The van der Waals surface area contributed by atoms with Gasteiger partial charge in [-0.15, -0.1) is 0 Å². The van der Waals surface area contributed by atoms with E-state index in [0.29, 0.717) is 17.9 Å². The molecule has 1 aromatic heterocycles. The summed E-state index contributed by atoms with van der Waals surface area (Å²) in [7, 11) is 0. The molecule has 0 unspecified atom stereocenters. The van der Waals surface area contributed by atoms with Crippen LogP contribution in [0.25, 0.3) is 10.9 Å². The van der Waals surface area contributed by atoms with E-state index in [9.17, 15) is 10.4 Å². The number of aliphatic hydroxyl groups is 1. The molecule has 19 heavy (non-hydrogen) atoms. The number of nitriles is 1. The van der Waals surface area contributed by atoms with E-state index in [1.165, 1.54) is 0 Å². The topological polar surface area (TPSA) is 68.9 Å². The Kier molecular flexibility index (Phi) is 2.84. The van der Waals surface area contributed by atoms with Gasteiger partial charge in [-0.3, -0.25) is 0 Å². The first kappa shape index (κ1) is 11.9. The second kappa shape index (κ2) is 4.52. The average Bonchev–Trinajstić information content (AvgIpc) is 3.24. The summed E-state index contributed by atoms with van der Waals surface area (Å²) < 4.78 is 0. The fraction of sp³-hybridized carbons (Fsp3) is 0.333. The van der Waals surface area contributed by atoms with Crippen LogP contribution in [0.4, 0.5) is 5.82 Å². The molecule has 96 valence electrons. The highest BCUT2D eigenvalue weighted by Gasteiger charge is 2.41. The lowest BCUT2D eigenvalue weighted by Crippen LogP contribution is -2.20. The predicted octanol–water partition coefficient (Wildman–Crippen LogP) is 2.29. The molecular weight excluding hydrogens is 238 g/mol. The molecular formula is C15H15N3O. The summed E-state index contributed by atoms with van der Waals surface area (Å²) >= 11 is 0. The highest BCUT2D eigenvalue weighted by molar-refractivity contribution is 5.82. The van der Waals surface area contributed by atoms with Crippen molar-refractivity contribution < 1.29 is 5.11 Å². The molecule has 1 aliphatic rings. The number of fused-ring (bicyclic) bond motifs is 1. The molecule has 2 aromatic rings. The van der Waals surface area contributed by atoms with Gasteiger partial charge < -0.3 is 10.4 Å². The maximum Gasteiger partial charge on any atom is 0.144 e. The summed E-state index contributed by atoms with van der Waals surface area (Å²) in [5.41, 5.74) is 1.42. The number of para-hydroxylation sites is 1. The Morgan fingerprint density at radius 2 is 2.16 bits per heavy atom. The van der Waals surface area contributed by atoms with Gasteiger partial charge in [0, 0.05) is 17.3 Å². The Labute approximate surface area is 111 Å². The molecule has 1 fully saturated rings. The fourth-order valence-electron chi connectivity index (χ4n) is 2.17. The normalized spacial score (nSPS) is 16.0. The Hall–Kier alpha value is -2.12. The highest BCUT2D eigenvalue weighted by atomic mass is 16.3. The smallest absolute Gasteiger partial charge is 0.144 e. The number of aromatic nitrogens is 1. The summed E-state index contributed by atoms with van der Waals surface area (Å²) in [5, 5.41) is 22.7. The molecule has 2 N–H and O–H groups in total. The van der Waals surface area contributed by atoms with Crippen molar-refractivity contribution >= 4 is 16.7 Å². The van der Waals surface area contributed by atoms with E-state index in [1.54, 1.807) is 0 Å². The highest BCUT2D eigenvalue weighted by Crippen LogP contribution is 2.45. The molecule has 0 aliphatic heterocycles. The van der Waals surface area contributed by atoms with E-state index in [2.05, 4.69) is 16.4 Å². The Bertz CT molecular complexity index is 656. The minimum atomic E-state index is 0.0000503. The molecule has 0 bridgehead atoms. The molecule has 0 spiro atoms. The molecule has 1 aliphatic carbocycles. The van der Waals surface area contributed by atoms with E-state index in [1.807, 2.05) is 30.3 Å². The second-order valence-corrected chi connectivity index (χ2v) is 5.20. The van der Waals surface area contributed by atoms with Gasteiger partial charge >= 0.3 is 0 Å². The van der Waals surface area contributed by atoms with E-state index in [-0.39, 0.29) is 12.0 Å². The van der Waals surface area contributed by atoms with Crippen LogP contribution in [-0.4, -0.2) is 23.2 Å². The van der Waals surface area contributed by atoms with Crippen molar-refractivity contribution in [1.82, 2.24) is 4.98 Å². The molecule has 3 rings (SSSR count). The van der Waals surface area contributed by atoms with Gasteiger partial charge in [-0.25, -0.2) is 4.98 Å². The van der Waals surface area contributed by atoms with Crippen LogP contribution in [0.3, 0.4) is 0 Å². The van der Waals surface area contributed by atoms with Crippen LogP contribution in [0.1, 0.15) is 18.4 Å². The minimum Gasteiger partial charge on any atom is -0.396 e. The number of nitrogens with one attached hydrogen (secondary N) is 1. The maximum atomic E-state index is 9.31. The van der Waals surface area contributed by atoms with Gasteiger partial charge in [-0.1, -0.05) is 18.2 Å². The standard InChI is InChI=1S/C15H15N3O/c16-8-12-7-11-3-1-2-4-13(11)18-14(12)17-9-15(10-19)5-6-15/h1-4,7,19H,5-6,9-10H2,(H,17,18). The zero-order valence-corrected chi connectivity index (χ0v) is 10.6. The van der Waals surface area contributed by atoms with Crippen LogP contribution < -0.4 is 5.32 Å². The van der Waals surface area contributed by atoms with E-state index >= 15 is 0 Å². The summed E-state index contributed by atoms with van der Waals surface area (Å²) in [6, 6.07) is 11.8. The largest absolute Gasteiger partial charge is 0.396 e. The van der Waals surface area contributed by atoms with Gasteiger partial charge in [0.15, 0.2) is 0 Å². The quantitative estimate of drug-likeness (QED) is 0.877. The van der Waals surface area contributed by atoms with Crippen LogP contribution in [0.2, 0.25) is 0 Å². The average molecular weight is 253 g/mol. The van der Waals surface area contributed by atoms with Crippen LogP contribution in [0, 0.1) is 16.7 Å². The second-order valence-electron chi connectivity index (χ2n) is 5.20. The fourth-order valence-corrected chi connectivity index (χ4v) is 2.17. The molecule has 0 radical (unpaired) electrons. The van der Waals surface area contributed by atoms with Gasteiger partial charge in [0.25, 0.3) is 0 Å². The predicted molar refractivity (Wildman–Crippen MR) is 73.7 cm³/mol. The molecule has 0 atom stereocenters. The van der Waals surface area contributed by atoms with Crippen LogP contribution in [0.5, 0.6) is 0 Å². The molecule has 0 saturated heterocycles. The number of hydrogen-bond donors (Lipinski definition) is 2. The first-order chi connectivity index (χ1) is 9.26. The lowest BCUT2D eigenvalue weighted by atomic mass is 10.1. The van der Waals surface area contributed by atoms with Crippen molar-refractivity contribution in [3.05, 3.63) is 35.9 Å². The lowest BCUT2D eigenvalue weighted by Gasteiger charge is -2.14. The third kappa shape index (κ3) is 2.25. The van der Waals surface area contributed by atoms with Gasteiger partial charge in [0.1, 0.15) is 11.9 Å². The molecule has 1 heterocycles. The van der Waals surface area contributed by atoms with Gasteiger partial charge in [-0.2, -0.15) is 5.26 Å². The Morgan fingerprint density at radius 1 is 1.37 bits per heavy atom. The van der Waals surface area contributed by atoms with Gasteiger partial charge in [0.2, 0.25) is 0 Å². The molecule has 1 saturated carbocycles. The molecule has 4 heteroatoms. The first-order valence-corrected chi connectivity index (χ1v) is 6.41. The summed E-state index contributed by atoms with van der Waals surface area (Å²) in [6.07, 6.45) is 2.07. The monoisotopic (exact) mass is 253 g/mol. The zero-order valence-electron chi connectivity index (χ0n) is 10.6. The van der Waals surface area contributed by atoms with Gasteiger partial charge in [0.05, 0.1) is 17.7 Å². The van der Waals surface area contributed by atoms with Crippen LogP contribution in [-0.2, 0) is 0 Å². The Morgan fingerprint density at radius 3 is 2.84 bits per heavy atom. The van der Waals surface area contributed by atoms with Gasteiger partial charge in [-0.05, 0) is 25.0 Å². The third-order valence-corrected chi connectivity index (χ3v) is 3.77. The van der Waals surface area contributed by atoms with E-state index in [4.69, 9.17) is 0 Å². The van der Waals surface area contributed by atoms with Crippen molar-refractivity contribution in [1.29, 1.82) is 5.26 Å². The van der Waals surface area contributed by atoms with Crippen molar-refractivity contribution in [3.8, 4) is 6.07 Å². The molecule has 0 amide bonds. The molecule has 1 aromatic carbocycles. The van der Waals surface area contributed by atoms with E-state index in [0.717, 1.165) is 23.7 Å². The number of hydrogen-bond acceptors (Lipinski definition) is 4. The number of aliphatic hydroxyl groups excluding tert-OH is 1. The lowest BCUT2D eigenvalue weighted by molar-refractivity contribution is 0.219. The van der Waals surface area contributed by atoms with Crippen molar-refractivity contribution in [2.24, 2.45) is 5.41 Å². The number of nitrogens with zero attached hydrogens (tertiary/aromatic N) is 2. The number of anilines is 1. The number of rotatable bonds is 4. The SMILES string of the molecule is N#Cc1cc2ccccc2nc1NCC1(CO)CC1. The van der Waals surface area contributed by atoms with Crippen molar-refractivity contribution in [3.63, 3.8) is 0 Å². The summed E-state index contributed by atoms with van der Waals surface area (Å²) in [6.45, 7) is 0.860.